The maximum Gasteiger partial charge on any atom is 0.348 e. The Labute approximate surface area is 113 Å². The third-order valence-corrected chi connectivity index (χ3v) is 3.26. The normalized spacial score (nSPS) is 10.2. The van der Waals surface area contributed by atoms with Crippen molar-refractivity contribution >= 4 is 28.3 Å². The molecular weight excluding hydrogens is 266 g/mol. The third kappa shape index (κ3) is 2.94. The molecule has 2 N–H and O–H groups in total. The maximum absolute atomic E-state index is 11.3. The maximum atomic E-state index is 11.3. The molecule has 0 aliphatic rings. The summed E-state index contributed by atoms with van der Waals surface area (Å²) in [7, 11) is 0. The second-order valence-electron chi connectivity index (χ2n) is 3.62. The highest BCUT2D eigenvalue weighted by Gasteiger charge is 2.20. The summed E-state index contributed by atoms with van der Waals surface area (Å²) >= 11 is 0.924. The van der Waals surface area contributed by atoms with Gasteiger partial charge in [0.15, 0.2) is 5.13 Å². The van der Waals surface area contributed by atoms with Gasteiger partial charge in [-0.2, -0.15) is 0 Å². The Morgan fingerprint density at radius 3 is 2.79 bits per heavy atom. The SMILES string of the molecule is CCC(=O)Nc1nc(-c2ccccn2)c(C(=O)O)s1. The van der Waals surface area contributed by atoms with Crippen LogP contribution >= 0.6 is 11.3 Å². The highest BCUT2D eigenvalue weighted by molar-refractivity contribution is 7.18. The number of rotatable bonds is 4. The van der Waals surface area contributed by atoms with Crippen molar-refractivity contribution in [1.29, 1.82) is 0 Å². The van der Waals surface area contributed by atoms with Crippen LogP contribution in [0.1, 0.15) is 23.0 Å². The van der Waals surface area contributed by atoms with Gasteiger partial charge in [0.25, 0.3) is 0 Å². The lowest BCUT2D eigenvalue weighted by Gasteiger charge is -1.97. The number of carboxylic acid groups (broad SMARTS) is 1. The summed E-state index contributed by atoms with van der Waals surface area (Å²) in [6, 6.07) is 5.15. The van der Waals surface area contributed by atoms with Crippen molar-refractivity contribution in [2.75, 3.05) is 5.32 Å². The molecule has 1 amide bonds. The highest BCUT2D eigenvalue weighted by Crippen LogP contribution is 2.30. The van der Waals surface area contributed by atoms with Crippen molar-refractivity contribution in [2.24, 2.45) is 0 Å². The minimum atomic E-state index is -1.09. The Morgan fingerprint density at radius 2 is 2.21 bits per heavy atom. The van der Waals surface area contributed by atoms with E-state index in [-0.39, 0.29) is 21.6 Å². The van der Waals surface area contributed by atoms with Gasteiger partial charge in [-0.1, -0.05) is 24.3 Å². The van der Waals surface area contributed by atoms with E-state index in [1.54, 1.807) is 31.3 Å². The predicted octanol–water partition coefficient (Wildman–Crippen LogP) is 2.25. The molecule has 6 nitrogen and oxygen atoms in total. The van der Waals surface area contributed by atoms with E-state index in [0.717, 1.165) is 11.3 Å². The minimum absolute atomic E-state index is 0.0603. The van der Waals surface area contributed by atoms with Gasteiger partial charge in [-0.25, -0.2) is 9.78 Å². The number of pyridine rings is 1. The first-order chi connectivity index (χ1) is 9.11. The van der Waals surface area contributed by atoms with E-state index in [4.69, 9.17) is 5.11 Å². The highest BCUT2D eigenvalue weighted by atomic mass is 32.1. The summed E-state index contributed by atoms with van der Waals surface area (Å²) in [4.78, 5) is 30.8. The van der Waals surface area contributed by atoms with Crippen LogP contribution in [0.4, 0.5) is 5.13 Å². The molecule has 7 heteroatoms. The van der Waals surface area contributed by atoms with Crippen LogP contribution in [0, 0.1) is 0 Å². The first-order valence-electron chi connectivity index (χ1n) is 5.57. The zero-order chi connectivity index (χ0) is 13.8. The second kappa shape index (κ2) is 5.57. The summed E-state index contributed by atoms with van der Waals surface area (Å²) in [5, 5.41) is 12.0. The van der Waals surface area contributed by atoms with E-state index in [1.807, 2.05) is 0 Å². The Balaban J connectivity index is 2.42. The van der Waals surface area contributed by atoms with E-state index in [2.05, 4.69) is 15.3 Å². The van der Waals surface area contributed by atoms with Gasteiger partial charge in [0, 0.05) is 12.6 Å². The van der Waals surface area contributed by atoms with Gasteiger partial charge in [0.1, 0.15) is 10.6 Å². The Hall–Kier alpha value is -2.28. The molecule has 0 aliphatic heterocycles. The fourth-order valence-corrected chi connectivity index (χ4v) is 2.23. The molecule has 0 saturated heterocycles. The molecule has 0 spiro atoms. The smallest absolute Gasteiger partial charge is 0.348 e. The number of carboxylic acids is 1. The number of aromatic nitrogens is 2. The molecule has 0 fully saturated rings. The summed E-state index contributed by atoms with van der Waals surface area (Å²) in [5.74, 6) is -1.30. The molecule has 98 valence electrons. The molecule has 0 saturated carbocycles. The van der Waals surface area contributed by atoms with Crippen LogP contribution in [0.25, 0.3) is 11.4 Å². The summed E-state index contributed by atoms with van der Waals surface area (Å²) in [5.41, 5.74) is 0.734. The van der Waals surface area contributed by atoms with Crippen molar-refractivity contribution in [3.63, 3.8) is 0 Å². The number of hydrogen-bond donors (Lipinski definition) is 2. The lowest BCUT2D eigenvalue weighted by molar-refractivity contribution is -0.115. The van der Waals surface area contributed by atoms with Crippen molar-refractivity contribution in [3.8, 4) is 11.4 Å². The first-order valence-corrected chi connectivity index (χ1v) is 6.38. The molecule has 0 unspecified atom stereocenters. The predicted molar refractivity (Wildman–Crippen MR) is 71.2 cm³/mol. The van der Waals surface area contributed by atoms with Gasteiger partial charge in [-0.3, -0.25) is 9.78 Å². The van der Waals surface area contributed by atoms with E-state index in [9.17, 15) is 9.59 Å². The van der Waals surface area contributed by atoms with E-state index in [1.165, 1.54) is 0 Å². The van der Waals surface area contributed by atoms with E-state index >= 15 is 0 Å². The number of carbonyl (C=O) groups is 2. The zero-order valence-corrected chi connectivity index (χ0v) is 10.9. The van der Waals surface area contributed by atoms with Crippen LogP contribution in [0.15, 0.2) is 24.4 Å². The number of carbonyl (C=O) groups excluding carboxylic acids is 1. The number of nitrogens with one attached hydrogen (secondary N) is 1. The van der Waals surface area contributed by atoms with Gasteiger partial charge < -0.3 is 10.4 Å². The molecule has 0 aliphatic carbocycles. The lowest BCUT2D eigenvalue weighted by Crippen LogP contribution is -2.08. The van der Waals surface area contributed by atoms with Crippen LogP contribution in [-0.4, -0.2) is 27.0 Å². The van der Waals surface area contributed by atoms with Crippen LogP contribution in [0.5, 0.6) is 0 Å². The number of amides is 1. The molecule has 0 radical (unpaired) electrons. The fraction of sp³-hybridized carbons (Fsp3) is 0.167. The number of nitrogens with zero attached hydrogens (tertiary/aromatic N) is 2. The van der Waals surface area contributed by atoms with Gasteiger partial charge in [0.2, 0.25) is 5.91 Å². The summed E-state index contributed by atoms with van der Waals surface area (Å²) < 4.78 is 0. The molecule has 19 heavy (non-hydrogen) atoms. The molecule has 2 aromatic heterocycles. The molecule has 2 aromatic rings. The molecule has 0 aromatic carbocycles. The number of aromatic carboxylic acids is 1. The molecular formula is C12H11N3O3S. The largest absolute Gasteiger partial charge is 0.477 e. The van der Waals surface area contributed by atoms with Gasteiger partial charge in [-0.15, -0.1) is 0 Å². The molecule has 2 heterocycles. The van der Waals surface area contributed by atoms with E-state index in [0.29, 0.717) is 12.1 Å². The minimum Gasteiger partial charge on any atom is -0.477 e. The second-order valence-corrected chi connectivity index (χ2v) is 4.62. The van der Waals surface area contributed by atoms with Crippen molar-refractivity contribution in [1.82, 2.24) is 9.97 Å². The Kier molecular flexibility index (Phi) is 3.86. The van der Waals surface area contributed by atoms with Crippen LogP contribution in [-0.2, 0) is 4.79 Å². The van der Waals surface area contributed by atoms with E-state index < -0.39 is 5.97 Å². The van der Waals surface area contributed by atoms with Crippen LogP contribution in [0.3, 0.4) is 0 Å². The zero-order valence-electron chi connectivity index (χ0n) is 10.1. The lowest BCUT2D eigenvalue weighted by atomic mass is 10.2. The van der Waals surface area contributed by atoms with Gasteiger partial charge in [0.05, 0.1) is 5.69 Å². The number of hydrogen-bond acceptors (Lipinski definition) is 5. The summed E-state index contributed by atoms with van der Waals surface area (Å²) in [6.45, 7) is 1.71. The average molecular weight is 277 g/mol. The van der Waals surface area contributed by atoms with Crippen molar-refractivity contribution in [2.45, 2.75) is 13.3 Å². The number of anilines is 1. The third-order valence-electron chi connectivity index (χ3n) is 2.30. The van der Waals surface area contributed by atoms with Crippen LogP contribution < -0.4 is 5.32 Å². The topological polar surface area (TPSA) is 92.2 Å². The number of thiazole rings is 1. The van der Waals surface area contributed by atoms with Gasteiger partial charge >= 0.3 is 5.97 Å². The van der Waals surface area contributed by atoms with Crippen molar-refractivity contribution < 1.29 is 14.7 Å². The Morgan fingerprint density at radius 1 is 1.42 bits per heavy atom. The average Bonchev–Trinajstić information content (AvgIpc) is 2.83. The van der Waals surface area contributed by atoms with Crippen molar-refractivity contribution in [3.05, 3.63) is 29.3 Å². The Bertz CT molecular complexity index is 610. The first kappa shape index (κ1) is 13.2. The molecule has 0 atom stereocenters. The molecule has 2 rings (SSSR count). The molecule has 0 bridgehead atoms. The standard InChI is InChI=1S/C12H11N3O3S/c1-2-8(16)14-12-15-9(10(19-12)11(17)18)7-5-3-4-6-13-7/h3-6H,2H2,1H3,(H,17,18)(H,14,15,16). The fourth-order valence-electron chi connectivity index (χ4n) is 1.40. The van der Waals surface area contributed by atoms with Gasteiger partial charge in [-0.05, 0) is 12.1 Å². The monoisotopic (exact) mass is 277 g/mol. The quantitative estimate of drug-likeness (QED) is 0.894. The summed E-state index contributed by atoms with van der Waals surface area (Å²) in [6.07, 6.45) is 1.87. The van der Waals surface area contributed by atoms with Crippen LogP contribution in [0.2, 0.25) is 0 Å².